The summed E-state index contributed by atoms with van der Waals surface area (Å²) in [7, 11) is -3.74. The maximum absolute atomic E-state index is 13.2. The van der Waals surface area contributed by atoms with Crippen LogP contribution in [0.5, 0.6) is 0 Å². The van der Waals surface area contributed by atoms with E-state index in [4.69, 9.17) is 4.42 Å². The van der Waals surface area contributed by atoms with Crippen molar-refractivity contribution < 1.29 is 12.8 Å². The minimum absolute atomic E-state index is 0.0293. The number of nitrogens with zero attached hydrogens (tertiary/aromatic N) is 2. The van der Waals surface area contributed by atoms with Crippen LogP contribution in [0.1, 0.15) is 45.9 Å². The summed E-state index contributed by atoms with van der Waals surface area (Å²) >= 11 is 3.34. The average molecular weight is 427 g/mol. The monoisotopic (exact) mass is 426 g/mol. The Morgan fingerprint density at radius 3 is 2.24 bits per heavy atom. The number of hydrogen-bond donors (Lipinski definition) is 0. The topological polar surface area (TPSA) is 63.4 Å². The maximum Gasteiger partial charge on any atom is 0.236 e. The molecule has 25 heavy (non-hydrogen) atoms. The maximum atomic E-state index is 13.2. The Bertz CT molecular complexity index is 845. The van der Waals surface area contributed by atoms with Gasteiger partial charge in [0.15, 0.2) is 0 Å². The van der Waals surface area contributed by atoms with Gasteiger partial charge in [0.05, 0.1) is 4.90 Å². The van der Waals surface area contributed by atoms with Crippen molar-refractivity contribution in [2.75, 3.05) is 18.0 Å². The van der Waals surface area contributed by atoms with Gasteiger partial charge >= 0.3 is 0 Å². The summed E-state index contributed by atoms with van der Waals surface area (Å²) in [4.78, 5) is 6.66. The van der Waals surface area contributed by atoms with Crippen molar-refractivity contribution in [3.63, 3.8) is 0 Å². The van der Waals surface area contributed by atoms with E-state index in [0.29, 0.717) is 11.8 Å². The summed E-state index contributed by atoms with van der Waals surface area (Å²) in [6, 6.07) is 6.62. The number of benzene rings is 1. The molecule has 0 N–H and O–H groups in total. The van der Waals surface area contributed by atoms with Crippen molar-refractivity contribution in [2.24, 2.45) is 0 Å². The number of anilines is 1. The first kappa shape index (κ1) is 18.5. The van der Waals surface area contributed by atoms with Gasteiger partial charge in [0.25, 0.3) is 0 Å². The molecule has 0 spiro atoms. The highest BCUT2D eigenvalue weighted by Crippen LogP contribution is 2.36. The Balaban J connectivity index is 2.12. The van der Waals surface area contributed by atoms with E-state index in [1.54, 1.807) is 24.3 Å². The van der Waals surface area contributed by atoms with Gasteiger partial charge in [-0.3, -0.25) is 0 Å². The number of hydrogen-bond acceptors (Lipinski definition) is 5. The van der Waals surface area contributed by atoms with Crippen LogP contribution in [0.15, 0.2) is 43.1 Å². The molecule has 0 bridgehead atoms. The van der Waals surface area contributed by atoms with Gasteiger partial charge in [-0.15, -0.1) is 0 Å². The van der Waals surface area contributed by atoms with Crippen molar-refractivity contribution in [3.8, 4) is 0 Å². The first-order valence-corrected chi connectivity index (χ1v) is 10.7. The lowest BCUT2D eigenvalue weighted by atomic mass is 9.97. The SMILES string of the molecule is CC(C)(C)c1nc(S(=O)(=O)c2ccc(Br)cc2)c(N2CCCCC2)o1. The molecule has 1 fully saturated rings. The minimum atomic E-state index is -3.74. The van der Waals surface area contributed by atoms with E-state index < -0.39 is 9.84 Å². The van der Waals surface area contributed by atoms with E-state index in [2.05, 4.69) is 20.9 Å². The average Bonchev–Trinajstić information content (AvgIpc) is 3.02. The van der Waals surface area contributed by atoms with E-state index in [0.717, 1.165) is 36.8 Å². The first-order chi connectivity index (χ1) is 11.7. The third kappa shape index (κ3) is 3.77. The second kappa shape index (κ2) is 6.76. The summed E-state index contributed by atoms with van der Waals surface area (Å²) in [6.45, 7) is 7.49. The number of rotatable bonds is 3. The van der Waals surface area contributed by atoms with Crippen LogP contribution in [-0.2, 0) is 15.3 Å². The summed E-state index contributed by atoms with van der Waals surface area (Å²) in [6.07, 6.45) is 3.22. The molecule has 3 rings (SSSR count). The first-order valence-electron chi connectivity index (χ1n) is 8.46. The fourth-order valence-electron chi connectivity index (χ4n) is 2.82. The van der Waals surface area contributed by atoms with Crippen molar-refractivity contribution in [3.05, 3.63) is 34.6 Å². The molecule has 0 amide bonds. The zero-order valence-corrected chi connectivity index (χ0v) is 17.2. The highest BCUT2D eigenvalue weighted by atomic mass is 79.9. The zero-order chi connectivity index (χ0) is 18.2. The molecule has 1 aromatic carbocycles. The lowest BCUT2D eigenvalue weighted by molar-refractivity contribution is 0.386. The van der Waals surface area contributed by atoms with Gasteiger partial charge in [0.1, 0.15) is 0 Å². The number of oxazole rings is 1. The fraction of sp³-hybridized carbons (Fsp3) is 0.500. The van der Waals surface area contributed by atoms with E-state index in [1.807, 2.05) is 25.7 Å². The fourth-order valence-corrected chi connectivity index (χ4v) is 4.40. The summed E-state index contributed by atoms with van der Waals surface area (Å²) in [5.41, 5.74) is -0.363. The Morgan fingerprint density at radius 1 is 1.08 bits per heavy atom. The second-order valence-corrected chi connectivity index (χ2v) is 10.2. The predicted molar refractivity (Wildman–Crippen MR) is 101 cm³/mol. The van der Waals surface area contributed by atoms with Crippen LogP contribution < -0.4 is 4.90 Å². The van der Waals surface area contributed by atoms with Crippen molar-refractivity contribution >= 4 is 31.7 Å². The molecular formula is C18H23BrN2O3S. The van der Waals surface area contributed by atoms with E-state index in [-0.39, 0.29) is 15.3 Å². The summed E-state index contributed by atoms with van der Waals surface area (Å²) in [5.74, 6) is 0.830. The van der Waals surface area contributed by atoms with Crippen molar-refractivity contribution in [2.45, 2.75) is 55.4 Å². The molecule has 1 aliphatic rings. The van der Waals surface area contributed by atoms with Gasteiger partial charge in [0.2, 0.25) is 26.6 Å². The van der Waals surface area contributed by atoms with Crippen molar-refractivity contribution in [1.82, 2.24) is 4.98 Å². The van der Waals surface area contributed by atoms with Gasteiger partial charge in [-0.05, 0) is 43.5 Å². The van der Waals surface area contributed by atoms with Crippen LogP contribution >= 0.6 is 15.9 Å². The molecule has 0 radical (unpaired) electrons. The molecule has 1 saturated heterocycles. The molecule has 2 aromatic rings. The lowest BCUT2D eigenvalue weighted by Crippen LogP contribution is -2.30. The number of halogens is 1. The molecule has 1 aliphatic heterocycles. The largest absolute Gasteiger partial charge is 0.423 e. The molecule has 5 nitrogen and oxygen atoms in total. The standard InChI is InChI=1S/C18H23BrN2O3S/c1-18(2,3)17-20-15(16(24-17)21-11-5-4-6-12-21)25(22,23)14-9-7-13(19)8-10-14/h7-10H,4-6,11-12H2,1-3H3. The minimum Gasteiger partial charge on any atom is -0.423 e. The van der Waals surface area contributed by atoms with Crippen LogP contribution in [-0.4, -0.2) is 26.5 Å². The van der Waals surface area contributed by atoms with Gasteiger partial charge in [-0.2, -0.15) is 4.98 Å². The molecule has 0 unspecified atom stereocenters. The van der Waals surface area contributed by atoms with E-state index >= 15 is 0 Å². The van der Waals surface area contributed by atoms with E-state index in [1.165, 1.54) is 0 Å². The Morgan fingerprint density at radius 2 is 1.68 bits per heavy atom. The normalized spacial score (nSPS) is 16.2. The van der Waals surface area contributed by atoms with Crippen LogP contribution in [0.3, 0.4) is 0 Å². The number of piperidine rings is 1. The van der Waals surface area contributed by atoms with Crippen LogP contribution in [0, 0.1) is 0 Å². The van der Waals surface area contributed by atoms with Crippen LogP contribution in [0.25, 0.3) is 0 Å². The van der Waals surface area contributed by atoms with Gasteiger partial charge in [0, 0.05) is 23.0 Å². The lowest BCUT2D eigenvalue weighted by Gasteiger charge is -2.26. The molecule has 136 valence electrons. The van der Waals surface area contributed by atoms with Gasteiger partial charge < -0.3 is 9.32 Å². The molecule has 2 heterocycles. The molecule has 0 aliphatic carbocycles. The third-order valence-electron chi connectivity index (χ3n) is 4.24. The quantitative estimate of drug-likeness (QED) is 0.719. The Kier molecular flexibility index (Phi) is 4.99. The Hall–Kier alpha value is -1.34. The predicted octanol–water partition coefficient (Wildman–Crippen LogP) is 4.56. The smallest absolute Gasteiger partial charge is 0.236 e. The van der Waals surface area contributed by atoms with E-state index in [9.17, 15) is 8.42 Å². The second-order valence-electron chi connectivity index (χ2n) is 7.38. The summed E-state index contributed by atoms with van der Waals surface area (Å²) in [5, 5.41) is 0.0293. The van der Waals surface area contributed by atoms with Gasteiger partial charge in [-0.1, -0.05) is 36.7 Å². The highest BCUT2D eigenvalue weighted by Gasteiger charge is 2.34. The van der Waals surface area contributed by atoms with Crippen LogP contribution in [0.2, 0.25) is 0 Å². The van der Waals surface area contributed by atoms with Gasteiger partial charge in [-0.25, -0.2) is 8.42 Å². The van der Waals surface area contributed by atoms with Crippen molar-refractivity contribution in [1.29, 1.82) is 0 Å². The number of aromatic nitrogens is 1. The molecule has 0 saturated carbocycles. The molecule has 1 aromatic heterocycles. The molecule has 0 atom stereocenters. The molecular weight excluding hydrogens is 404 g/mol. The zero-order valence-electron chi connectivity index (χ0n) is 14.8. The summed E-state index contributed by atoms with van der Waals surface area (Å²) < 4.78 is 33.2. The number of sulfone groups is 1. The molecule has 7 heteroatoms. The third-order valence-corrected chi connectivity index (χ3v) is 6.44. The highest BCUT2D eigenvalue weighted by molar-refractivity contribution is 9.10. The van der Waals surface area contributed by atoms with Crippen LogP contribution in [0.4, 0.5) is 5.88 Å². The Labute approximate surface area is 157 Å².